The molecule has 0 atom stereocenters. The lowest BCUT2D eigenvalue weighted by Gasteiger charge is -2.33. The zero-order chi connectivity index (χ0) is 12.8. The molecule has 0 aromatic rings. The van der Waals surface area contributed by atoms with Crippen LogP contribution in [0.25, 0.3) is 0 Å². The third-order valence-electron chi connectivity index (χ3n) is 2.73. The minimum absolute atomic E-state index is 0.0344. The molecule has 0 radical (unpaired) electrons. The van der Waals surface area contributed by atoms with Gasteiger partial charge in [-0.1, -0.05) is 0 Å². The lowest BCUT2D eigenvalue weighted by Crippen LogP contribution is -2.51. The number of piperazine rings is 1. The summed E-state index contributed by atoms with van der Waals surface area (Å²) in [4.78, 5) is 38.1. The molecular weight excluding hydrogens is 246 g/mol. The molecule has 0 aromatic heterocycles. The van der Waals surface area contributed by atoms with Crippen LogP contribution in [0.5, 0.6) is 0 Å². The molecule has 0 aliphatic carbocycles. The standard InChI is InChI=1S/C10H16ClN3O3/c1-12(9(16)6-11)7-10(17)14-4-2-13(8-15)3-5-14/h8H,2-7H2,1H3. The van der Waals surface area contributed by atoms with Crippen LogP contribution in [0.1, 0.15) is 0 Å². The largest absolute Gasteiger partial charge is 0.342 e. The first kappa shape index (κ1) is 13.8. The summed E-state index contributed by atoms with van der Waals surface area (Å²) < 4.78 is 0. The van der Waals surface area contributed by atoms with E-state index in [2.05, 4.69) is 0 Å². The average Bonchev–Trinajstić information content (AvgIpc) is 2.37. The number of rotatable bonds is 4. The van der Waals surface area contributed by atoms with Crippen LogP contribution in [-0.4, -0.2) is 78.6 Å². The van der Waals surface area contributed by atoms with Gasteiger partial charge in [0.25, 0.3) is 0 Å². The minimum Gasteiger partial charge on any atom is -0.342 e. The maximum absolute atomic E-state index is 11.8. The summed E-state index contributed by atoms with van der Waals surface area (Å²) in [6.07, 6.45) is 0.783. The first-order valence-electron chi connectivity index (χ1n) is 5.35. The van der Waals surface area contributed by atoms with Crippen LogP contribution in [0, 0.1) is 0 Å². The smallest absolute Gasteiger partial charge is 0.242 e. The Morgan fingerprint density at radius 2 is 1.88 bits per heavy atom. The molecule has 7 heteroatoms. The average molecular weight is 262 g/mol. The van der Waals surface area contributed by atoms with Crippen molar-refractivity contribution in [3.05, 3.63) is 0 Å². The van der Waals surface area contributed by atoms with Gasteiger partial charge in [0.05, 0.1) is 6.54 Å². The normalized spacial score (nSPS) is 15.6. The predicted molar refractivity (Wildman–Crippen MR) is 62.6 cm³/mol. The van der Waals surface area contributed by atoms with E-state index in [1.807, 2.05) is 0 Å². The van der Waals surface area contributed by atoms with Crippen molar-refractivity contribution in [2.75, 3.05) is 45.7 Å². The van der Waals surface area contributed by atoms with Crippen molar-refractivity contribution < 1.29 is 14.4 Å². The highest BCUT2D eigenvalue weighted by Crippen LogP contribution is 2.01. The van der Waals surface area contributed by atoms with Gasteiger partial charge in [0.15, 0.2) is 0 Å². The summed E-state index contributed by atoms with van der Waals surface area (Å²) >= 11 is 5.39. The molecule has 0 aromatic carbocycles. The van der Waals surface area contributed by atoms with Gasteiger partial charge in [0, 0.05) is 33.2 Å². The molecule has 0 bridgehead atoms. The molecule has 1 heterocycles. The van der Waals surface area contributed by atoms with Crippen molar-refractivity contribution in [3.8, 4) is 0 Å². The summed E-state index contributed by atoms with van der Waals surface area (Å²) in [5.41, 5.74) is 0. The van der Waals surface area contributed by atoms with E-state index < -0.39 is 0 Å². The molecule has 1 aliphatic heterocycles. The van der Waals surface area contributed by atoms with E-state index in [9.17, 15) is 14.4 Å². The Bertz CT molecular complexity index is 303. The third kappa shape index (κ3) is 3.89. The molecule has 17 heavy (non-hydrogen) atoms. The quantitative estimate of drug-likeness (QED) is 0.481. The zero-order valence-corrected chi connectivity index (χ0v) is 10.5. The zero-order valence-electron chi connectivity index (χ0n) is 9.76. The topological polar surface area (TPSA) is 60.9 Å². The Kier molecular flexibility index (Phi) is 5.21. The molecule has 1 saturated heterocycles. The Morgan fingerprint density at radius 3 is 2.35 bits per heavy atom. The lowest BCUT2D eigenvalue weighted by atomic mass is 10.3. The van der Waals surface area contributed by atoms with Gasteiger partial charge < -0.3 is 14.7 Å². The molecule has 0 unspecified atom stereocenters. The van der Waals surface area contributed by atoms with Gasteiger partial charge in [-0.25, -0.2) is 0 Å². The van der Waals surface area contributed by atoms with Gasteiger partial charge >= 0.3 is 0 Å². The minimum atomic E-state index is -0.272. The van der Waals surface area contributed by atoms with E-state index in [0.717, 1.165) is 6.41 Å². The van der Waals surface area contributed by atoms with Crippen LogP contribution in [0.4, 0.5) is 0 Å². The summed E-state index contributed by atoms with van der Waals surface area (Å²) in [5.74, 6) is -0.508. The molecule has 0 spiro atoms. The second-order valence-electron chi connectivity index (χ2n) is 3.91. The number of likely N-dealkylation sites (N-methyl/N-ethyl adjacent to an activating group) is 1. The van der Waals surface area contributed by atoms with Crippen LogP contribution >= 0.6 is 11.6 Å². The molecular formula is C10H16ClN3O3. The number of halogens is 1. The van der Waals surface area contributed by atoms with E-state index >= 15 is 0 Å². The maximum atomic E-state index is 11.8. The first-order chi connectivity index (χ1) is 8.08. The fourth-order valence-electron chi connectivity index (χ4n) is 1.57. The summed E-state index contributed by atoms with van der Waals surface area (Å²) in [7, 11) is 1.55. The lowest BCUT2D eigenvalue weighted by molar-refractivity contribution is -0.140. The number of amides is 3. The van der Waals surface area contributed by atoms with Crippen LogP contribution in [0.15, 0.2) is 0 Å². The number of alkyl halides is 1. The number of hydrogen-bond acceptors (Lipinski definition) is 3. The highest BCUT2D eigenvalue weighted by Gasteiger charge is 2.22. The SMILES string of the molecule is CN(CC(=O)N1CCN(C=O)CC1)C(=O)CCl. The summed E-state index contributed by atoms with van der Waals surface area (Å²) in [5, 5.41) is 0. The van der Waals surface area contributed by atoms with Crippen molar-refractivity contribution in [3.63, 3.8) is 0 Å². The third-order valence-corrected chi connectivity index (χ3v) is 2.96. The first-order valence-corrected chi connectivity index (χ1v) is 5.89. The van der Waals surface area contributed by atoms with E-state index in [1.54, 1.807) is 16.8 Å². The van der Waals surface area contributed by atoms with Crippen molar-refractivity contribution >= 4 is 29.8 Å². The monoisotopic (exact) mass is 261 g/mol. The van der Waals surface area contributed by atoms with Crippen molar-refractivity contribution in [1.29, 1.82) is 0 Å². The molecule has 96 valence electrons. The van der Waals surface area contributed by atoms with Crippen LogP contribution in [-0.2, 0) is 14.4 Å². The molecule has 1 fully saturated rings. The van der Waals surface area contributed by atoms with E-state index in [0.29, 0.717) is 26.2 Å². The fourth-order valence-corrected chi connectivity index (χ4v) is 1.77. The van der Waals surface area contributed by atoms with Gasteiger partial charge in [0.2, 0.25) is 18.2 Å². The van der Waals surface area contributed by atoms with Gasteiger partial charge in [-0.05, 0) is 0 Å². The van der Waals surface area contributed by atoms with Gasteiger partial charge in [-0.15, -0.1) is 11.6 Å². The van der Waals surface area contributed by atoms with E-state index in [-0.39, 0.29) is 24.2 Å². The van der Waals surface area contributed by atoms with Gasteiger partial charge in [0.1, 0.15) is 5.88 Å². The van der Waals surface area contributed by atoms with Gasteiger partial charge in [-0.2, -0.15) is 0 Å². The van der Waals surface area contributed by atoms with Crippen LogP contribution in [0.3, 0.4) is 0 Å². The molecule has 1 rings (SSSR count). The Morgan fingerprint density at radius 1 is 1.29 bits per heavy atom. The second-order valence-corrected chi connectivity index (χ2v) is 4.17. The molecule has 6 nitrogen and oxygen atoms in total. The highest BCUT2D eigenvalue weighted by molar-refractivity contribution is 6.27. The molecule has 3 amide bonds. The van der Waals surface area contributed by atoms with Crippen LogP contribution < -0.4 is 0 Å². The van der Waals surface area contributed by atoms with Crippen molar-refractivity contribution in [2.24, 2.45) is 0 Å². The molecule has 1 aliphatic rings. The van der Waals surface area contributed by atoms with Crippen molar-refractivity contribution in [1.82, 2.24) is 14.7 Å². The van der Waals surface area contributed by atoms with E-state index in [1.165, 1.54) is 4.90 Å². The number of carbonyl (C=O) groups excluding carboxylic acids is 3. The second kappa shape index (κ2) is 6.44. The van der Waals surface area contributed by atoms with E-state index in [4.69, 9.17) is 11.6 Å². The summed E-state index contributed by atoms with van der Waals surface area (Å²) in [6, 6.07) is 0. The maximum Gasteiger partial charge on any atom is 0.242 e. The molecule has 0 saturated carbocycles. The Hall–Kier alpha value is -1.30. The predicted octanol–water partition coefficient (Wildman–Crippen LogP) is -1.02. The number of hydrogen-bond donors (Lipinski definition) is 0. The fraction of sp³-hybridized carbons (Fsp3) is 0.700. The summed E-state index contributed by atoms with van der Waals surface area (Å²) in [6.45, 7) is 2.15. The molecule has 0 N–H and O–H groups in total. The van der Waals surface area contributed by atoms with Crippen LogP contribution in [0.2, 0.25) is 0 Å². The Labute approximate surface area is 105 Å². The van der Waals surface area contributed by atoms with Gasteiger partial charge in [-0.3, -0.25) is 14.4 Å². The highest BCUT2D eigenvalue weighted by atomic mass is 35.5. The van der Waals surface area contributed by atoms with Crippen molar-refractivity contribution in [2.45, 2.75) is 0 Å². The Balaban J connectivity index is 2.39. The number of nitrogens with zero attached hydrogens (tertiary/aromatic N) is 3. The number of carbonyl (C=O) groups is 3.